The van der Waals surface area contributed by atoms with Crippen molar-refractivity contribution in [3.8, 4) is 0 Å². The van der Waals surface area contributed by atoms with Crippen LogP contribution in [0, 0.1) is 6.92 Å². The van der Waals surface area contributed by atoms with Gasteiger partial charge < -0.3 is 10.6 Å². The molecule has 2 aromatic heterocycles. The number of nitrogens with one attached hydrogen (secondary N) is 2. The number of anilines is 1. The van der Waals surface area contributed by atoms with Gasteiger partial charge >= 0.3 is 0 Å². The van der Waals surface area contributed by atoms with Crippen LogP contribution in [0.4, 0.5) is 5.82 Å². The van der Waals surface area contributed by atoms with Crippen molar-refractivity contribution in [1.29, 1.82) is 0 Å². The Morgan fingerprint density at radius 1 is 1.44 bits per heavy atom. The summed E-state index contributed by atoms with van der Waals surface area (Å²) in [6.45, 7) is 8.74. The van der Waals surface area contributed by atoms with Crippen molar-refractivity contribution < 1.29 is 4.79 Å². The fourth-order valence-electron chi connectivity index (χ4n) is 3.17. The highest BCUT2D eigenvalue weighted by atomic mass is 16.2. The number of carbonyl (C=O) groups is 1. The molecule has 0 bridgehead atoms. The second-order valence-corrected chi connectivity index (χ2v) is 6.79. The first-order valence-corrected chi connectivity index (χ1v) is 8.98. The van der Waals surface area contributed by atoms with Gasteiger partial charge in [0.15, 0.2) is 0 Å². The molecule has 2 aromatic rings. The topological polar surface area (TPSA) is 89.7 Å². The zero-order chi connectivity index (χ0) is 18.0. The number of fused-ring (bicyclic) bond motifs is 1. The van der Waals surface area contributed by atoms with Crippen molar-refractivity contribution >= 4 is 11.7 Å². The largest absolute Gasteiger partial charge is 0.310 e. The highest BCUT2D eigenvalue weighted by Gasteiger charge is 2.24. The Hall–Kier alpha value is -2.22. The Balaban J connectivity index is 1.58. The molecule has 25 heavy (non-hydrogen) atoms. The fraction of sp³-hybridized carbons (Fsp3) is 0.647. The van der Waals surface area contributed by atoms with Crippen LogP contribution in [0.2, 0.25) is 0 Å². The monoisotopic (exact) mass is 345 g/mol. The van der Waals surface area contributed by atoms with Crippen LogP contribution >= 0.6 is 0 Å². The Kier molecular flexibility index (Phi) is 5.17. The van der Waals surface area contributed by atoms with Crippen molar-refractivity contribution in [3.05, 3.63) is 23.9 Å². The molecule has 0 radical (unpaired) electrons. The molecular weight excluding hydrogens is 318 g/mol. The number of amides is 1. The van der Waals surface area contributed by atoms with E-state index in [1.165, 1.54) is 0 Å². The Morgan fingerprint density at radius 2 is 2.24 bits per heavy atom. The Morgan fingerprint density at radius 3 is 3.00 bits per heavy atom. The smallest absolute Gasteiger partial charge is 0.242 e. The van der Waals surface area contributed by atoms with Gasteiger partial charge in [0.25, 0.3) is 0 Å². The summed E-state index contributed by atoms with van der Waals surface area (Å²) in [7, 11) is 0. The lowest BCUT2D eigenvalue weighted by Crippen LogP contribution is -2.47. The molecule has 0 fully saturated rings. The van der Waals surface area contributed by atoms with Crippen LogP contribution in [-0.2, 0) is 17.8 Å². The van der Waals surface area contributed by atoms with Gasteiger partial charge in [-0.2, -0.15) is 10.2 Å². The Bertz CT molecular complexity index is 735. The number of hydrogen-bond donors (Lipinski definition) is 2. The van der Waals surface area contributed by atoms with Crippen LogP contribution in [0.3, 0.4) is 0 Å². The van der Waals surface area contributed by atoms with Crippen molar-refractivity contribution in [2.45, 2.75) is 71.6 Å². The van der Waals surface area contributed by atoms with Gasteiger partial charge in [-0.25, -0.2) is 14.3 Å². The predicted octanol–water partition coefficient (Wildman–Crippen LogP) is 1.69. The molecule has 1 aliphatic heterocycles. The van der Waals surface area contributed by atoms with Gasteiger partial charge in [0.05, 0.1) is 24.8 Å². The van der Waals surface area contributed by atoms with Gasteiger partial charge in [0, 0.05) is 18.5 Å². The maximum atomic E-state index is 12.5. The lowest BCUT2D eigenvalue weighted by atomic mass is 10.1. The minimum Gasteiger partial charge on any atom is -0.310 e. The van der Waals surface area contributed by atoms with Crippen LogP contribution in [0.5, 0.6) is 0 Å². The van der Waals surface area contributed by atoms with E-state index in [9.17, 15) is 4.79 Å². The number of rotatable bonds is 6. The third kappa shape index (κ3) is 3.89. The van der Waals surface area contributed by atoms with Crippen LogP contribution < -0.4 is 10.6 Å². The highest BCUT2D eigenvalue weighted by Crippen LogP contribution is 2.17. The second kappa shape index (κ2) is 7.35. The molecule has 0 saturated carbocycles. The summed E-state index contributed by atoms with van der Waals surface area (Å²) in [5.74, 6) is 2.53. The Labute approximate surface area is 148 Å². The molecule has 0 aromatic carbocycles. The summed E-state index contributed by atoms with van der Waals surface area (Å²) < 4.78 is 3.80. The first-order valence-electron chi connectivity index (χ1n) is 8.98. The normalized spacial score (nSPS) is 19.3. The maximum Gasteiger partial charge on any atom is 0.242 e. The maximum absolute atomic E-state index is 12.5. The molecule has 8 nitrogen and oxygen atoms in total. The van der Waals surface area contributed by atoms with E-state index in [1.54, 1.807) is 6.20 Å². The van der Waals surface area contributed by atoms with Crippen LogP contribution in [0.15, 0.2) is 12.3 Å². The van der Waals surface area contributed by atoms with Gasteiger partial charge in [-0.3, -0.25) is 4.79 Å². The van der Waals surface area contributed by atoms with E-state index >= 15 is 0 Å². The molecule has 0 saturated heterocycles. The third-order valence-corrected chi connectivity index (χ3v) is 4.77. The predicted molar refractivity (Wildman–Crippen MR) is 95.3 cm³/mol. The second-order valence-electron chi connectivity index (χ2n) is 6.79. The summed E-state index contributed by atoms with van der Waals surface area (Å²) in [6.07, 6.45) is 4.52. The standard InChI is InChI=1S/C17H27N7O/c1-5-11(2)24-16(8-9-18-24)21-17(25)12(3)19-14-6-7-15-20-13(4)22-23(15)10-14/h8-9,11-12,14,19H,5-7,10H2,1-4H3,(H,21,25)/t11-,12+,14-/m0/s1. The van der Waals surface area contributed by atoms with Crippen LogP contribution in [-0.4, -0.2) is 42.5 Å². The van der Waals surface area contributed by atoms with E-state index in [-0.39, 0.29) is 24.0 Å². The summed E-state index contributed by atoms with van der Waals surface area (Å²) >= 11 is 0. The molecule has 1 amide bonds. The van der Waals surface area contributed by atoms with E-state index < -0.39 is 0 Å². The van der Waals surface area contributed by atoms with Gasteiger partial charge in [0.2, 0.25) is 5.91 Å². The van der Waals surface area contributed by atoms with Crippen molar-refractivity contribution in [3.63, 3.8) is 0 Å². The number of aryl methyl sites for hydroxylation is 2. The molecule has 8 heteroatoms. The number of carbonyl (C=O) groups excluding carboxylic acids is 1. The number of nitrogens with zero attached hydrogens (tertiary/aromatic N) is 5. The lowest BCUT2D eigenvalue weighted by molar-refractivity contribution is -0.118. The van der Waals surface area contributed by atoms with E-state index in [0.717, 1.165) is 43.3 Å². The van der Waals surface area contributed by atoms with Crippen molar-refractivity contribution in [1.82, 2.24) is 29.9 Å². The average Bonchev–Trinajstić information content (AvgIpc) is 3.19. The molecule has 1 aliphatic rings. The fourth-order valence-corrected chi connectivity index (χ4v) is 3.17. The minimum atomic E-state index is -0.295. The lowest BCUT2D eigenvalue weighted by Gasteiger charge is -2.26. The van der Waals surface area contributed by atoms with Crippen molar-refractivity contribution in [2.75, 3.05) is 5.32 Å². The van der Waals surface area contributed by atoms with Crippen LogP contribution in [0.25, 0.3) is 0 Å². The third-order valence-electron chi connectivity index (χ3n) is 4.77. The number of aromatic nitrogens is 5. The minimum absolute atomic E-state index is 0.0504. The van der Waals surface area contributed by atoms with Gasteiger partial charge in [0.1, 0.15) is 17.5 Å². The van der Waals surface area contributed by atoms with Gasteiger partial charge in [-0.1, -0.05) is 6.92 Å². The summed E-state index contributed by atoms with van der Waals surface area (Å²) in [6, 6.07) is 2.01. The molecule has 0 spiro atoms. The van der Waals surface area contributed by atoms with E-state index in [0.29, 0.717) is 0 Å². The van der Waals surface area contributed by atoms with Gasteiger partial charge in [-0.05, 0) is 33.6 Å². The summed E-state index contributed by atoms with van der Waals surface area (Å²) in [5, 5.41) is 15.1. The first kappa shape index (κ1) is 17.6. The molecular formula is C17H27N7O. The molecule has 3 rings (SSSR count). The average molecular weight is 345 g/mol. The molecule has 0 unspecified atom stereocenters. The molecule has 136 valence electrons. The molecule has 3 heterocycles. The summed E-state index contributed by atoms with van der Waals surface area (Å²) in [5.41, 5.74) is 0. The van der Waals surface area contributed by atoms with Gasteiger partial charge in [-0.15, -0.1) is 0 Å². The SMILES string of the molecule is CC[C@H](C)n1nccc1NC(=O)[C@@H](C)N[C@H]1CCc2nc(C)nn2C1. The first-order chi connectivity index (χ1) is 12.0. The molecule has 0 aliphatic carbocycles. The van der Waals surface area contributed by atoms with Crippen LogP contribution in [0.1, 0.15) is 51.3 Å². The van der Waals surface area contributed by atoms with E-state index in [4.69, 9.17) is 0 Å². The number of hydrogen-bond acceptors (Lipinski definition) is 5. The molecule has 2 N–H and O–H groups in total. The summed E-state index contributed by atoms with van der Waals surface area (Å²) in [4.78, 5) is 17.0. The van der Waals surface area contributed by atoms with E-state index in [1.807, 2.05) is 29.3 Å². The highest BCUT2D eigenvalue weighted by molar-refractivity contribution is 5.93. The quantitative estimate of drug-likeness (QED) is 0.831. The zero-order valence-electron chi connectivity index (χ0n) is 15.4. The van der Waals surface area contributed by atoms with Crippen molar-refractivity contribution in [2.24, 2.45) is 0 Å². The zero-order valence-corrected chi connectivity index (χ0v) is 15.4. The van der Waals surface area contributed by atoms with E-state index in [2.05, 4.69) is 39.7 Å². The molecule has 3 atom stereocenters.